The van der Waals surface area contributed by atoms with Gasteiger partial charge in [0.2, 0.25) is 0 Å². The van der Waals surface area contributed by atoms with Gasteiger partial charge in [-0.3, -0.25) is 0 Å². The number of carbonyl (C=O) groups excluding carboxylic acids is 1. The van der Waals surface area contributed by atoms with Crippen LogP contribution in [0.15, 0.2) is 48.5 Å². The van der Waals surface area contributed by atoms with Gasteiger partial charge >= 0.3 is 5.30 Å². The first kappa shape index (κ1) is 13.9. The van der Waals surface area contributed by atoms with Gasteiger partial charge < -0.3 is 9.47 Å². The molecule has 2 aromatic rings. The maximum atomic E-state index is 13.0. The molecule has 1 aliphatic rings. The van der Waals surface area contributed by atoms with Gasteiger partial charge in [0, 0.05) is 0 Å². The van der Waals surface area contributed by atoms with Crippen molar-refractivity contribution in [3.8, 4) is 5.75 Å². The maximum absolute atomic E-state index is 13.0. The maximum Gasteiger partial charge on any atom is 0.368 e. The second-order valence-corrected chi connectivity index (χ2v) is 5.73. The summed E-state index contributed by atoms with van der Waals surface area (Å²) in [5.74, 6) is 0.448. The lowest BCUT2D eigenvalue weighted by atomic mass is 10.0. The largest absolute Gasteiger partial charge is 0.497 e. The molecular formula is C16H13FO3S. The molecule has 108 valence electrons. The molecule has 1 fully saturated rings. The minimum Gasteiger partial charge on any atom is -0.497 e. The van der Waals surface area contributed by atoms with Crippen LogP contribution in [0.25, 0.3) is 0 Å². The Bertz CT molecular complexity index is 640. The van der Waals surface area contributed by atoms with Crippen LogP contribution in [0, 0.1) is 5.82 Å². The Morgan fingerprint density at radius 2 is 1.67 bits per heavy atom. The monoisotopic (exact) mass is 304 g/mol. The van der Waals surface area contributed by atoms with Crippen LogP contribution in [0.4, 0.5) is 9.18 Å². The van der Waals surface area contributed by atoms with Crippen LogP contribution in [0.2, 0.25) is 0 Å². The molecule has 1 saturated heterocycles. The number of methoxy groups -OCH3 is 1. The van der Waals surface area contributed by atoms with Crippen LogP contribution in [0.1, 0.15) is 22.5 Å². The minimum absolute atomic E-state index is 0.145. The molecule has 3 nitrogen and oxygen atoms in total. The topological polar surface area (TPSA) is 35.5 Å². The molecular weight excluding hydrogens is 291 g/mol. The van der Waals surface area contributed by atoms with Gasteiger partial charge in [-0.15, -0.1) is 0 Å². The molecule has 21 heavy (non-hydrogen) atoms. The van der Waals surface area contributed by atoms with Gasteiger partial charge in [-0.25, -0.2) is 9.18 Å². The Morgan fingerprint density at radius 3 is 2.29 bits per heavy atom. The second kappa shape index (κ2) is 5.77. The van der Waals surface area contributed by atoms with E-state index in [2.05, 4.69) is 0 Å². The summed E-state index contributed by atoms with van der Waals surface area (Å²) >= 11 is 1.14. The number of rotatable bonds is 3. The zero-order chi connectivity index (χ0) is 14.8. The molecule has 1 aliphatic heterocycles. The lowest BCUT2D eigenvalue weighted by molar-refractivity contribution is 0.133. The fraction of sp³-hybridized carbons (Fsp3) is 0.188. The summed E-state index contributed by atoms with van der Waals surface area (Å²) in [6.45, 7) is 0. The van der Waals surface area contributed by atoms with E-state index in [1.54, 1.807) is 19.2 Å². The van der Waals surface area contributed by atoms with E-state index in [1.165, 1.54) is 12.1 Å². The lowest BCUT2D eigenvalue weighted by Crippen LogP contribution is -2.05. The number of hydrogen-bond donors (Lipinski definition) is 0. The molecule has 0 unspecified atom stereocenters. The van der Waals surface area contributed by atoms with Gasteiger partial charge in [-0.05, 0) is 47.2 Å². The number of benzene rings is 2. The predicted molar refractivity (Wildman–Crippen MR) is 78.9 cm³/mol. The van der Waals surface area contributed by atoms with E-state index >= 15 is 0 Å². The SMILES string of the molecule is COc1ccc([C@@H]2SC(=O)O[C@H]2c2ccc(F)cc2)cc1. The summed E-state index contributed by atoms with van der Waals surface area (Å²) in [7, 11) is 1.60. The van der Waals surface area contributed by atoms with E-state index in [0.29, 0.717) is 0 Å². The second-order valence-electron chi connectivity index (χ2n) is 4.65. The Hall–Kier alpha value is -2.01. The Kier molecular flexibility index (Phi) is 3.84. The number of carbonyl (C=O) groups is 1. The molecule has 0 bridgehead atoms. The van der Waals surface area contributed by atoms with Crippen molar-refractivity contribution in [2.45, 2.75) is 11.4 Å². The van der Waals surface area contributed by atoms with Crippen LogP contribution >= 0.6 is 11.8 Å². The highest BCUT2D eigenvalue weighted by molar-refractivity contribution is 8.13. The molecule has 1 heterocycles. The van der Waals surface area contributed by atoms with E-state index in [9.17, 15) is 9.18 Å². The van der Waals surface area contributed by atoms with Crippen LogP contribution in [0.5, 0.6) is 5.75 Å². The fourth-order valence-corrected chi connectivity index (χ4v) is 3.29. The average Bonchev–Trinajstić information content (AvgIpc) is 2.90. The molecule has 0 amide bonds. The van der Waals surface area contributed by atoms with E-state index in [0.717, 1.165) is 28.6 Å². The predicted octanol–water partition coefficient (Wildman–Crippen LogP) is 4.50. The third-order valence-electron chi connectivity index (χ3n) is 3.36. The van der Waals surface area contributed by atoms with Crippen LogP contribution in [-0.4, -0.2) is 12.4 Å². The molecule has 5 heteroatoms. The summed E-state index contributed by atoms with van der Waals surface area (Å²) in [6.07, 6.45) is -0.406. The summed E-state index contributed by atoms with van der Waals surface area (Å²) in [5, 5.41) is -0.459. The normalized spacial score (nSPS) is 21.1. The summed E-state index contributed by atoms with van der Waals surface area (Å²) < 4.78 is 23.5. The van der Waals surface area contributed by atoms with Crippen molar-refractivity contribution < 1.29 is 18.7 Å². The van der Waals surface area contributed by atoms with Gasteiger partial charge in [0.15, 0.2) is 0 Å². The fourth-order valence-electron chi connectivity index (χ4n) is 2.29. The van der Waals surface area contributed by atoms with Gasteiger partial charge in [-0.1, -0.05) is 24.3 Å². The smallest absolute Gasteiger partial charge is 0.368 e. The highest BCUT2D eigenvalue weighted by atomic mass is 32.2. The van der Waals surface area contributed by atoms with Gasteiger partial charge in [0.1, 0.15) is 17.7 Å². The van der Waals surface area contributed by atoms with Crippen molar-refractivity contribution in [2.75, 3.05) is 7.11 Å². The Morgan fingerprint density at radius 1 is 1.05 bits per heavy atom. The average molecular weight is 304 g/mol. The molecule has 0 saturated carbocycles. The van der Waals surface area contributed by atoms with E-state index < -0.39 is 6.10 Å². The third kappa shape index (κ3) is 2.88. The van der Waals surface area contributed by atoms with Gasteiger partial charge in [-0.2, -0.15) is 0 Å². The first-order valence-electron chi connectivity index (χ1n) is 6.44. The van der Waals surface area contributed by atoms with E-state index in [-0.39, 0.29) is 16.4 Å². The number of halogens is 1. The molecule has 2 aromatic carbocycles. The van der Waals surface area contributed by atoms with Crippen LogP contribution in [0.3, 0.4) is 0 Å². The quantitative estimate of drug-likeness (QED) is 0.782. The molecule has 0 N–H and O–H groups in total. The number of cyclic esters (lactones) is 1. The zero-order valence-electron chi connectivity index (χ0n) is 11.3. The highest BCUT2D eigenvalue weighted by Gasteiger charge is 2.38. The van der Waals surface area contributed by atoms with Gasteiger partial charge in [0.25, 0.3) is 0 Å². The molecule has 3 rings (SSSR count). The highest BCUT2D eigenvalue weighted by Crippen LogP contribution is 2.49. The lowest BCUT2D eigenvalue weighted by Gasteiger charge is -2.17. The number of thioether (sulfide) groups is 1. The summed E-state index contributed by atoms with van der Waals surface area (Å²) in [4.78, 5) is 11.6. The van der Waals surface area contributed by atoms with Crippen molar-refractivity contribution >= 4 is 17.1 Å². The molecule has 0 aromatic heterocycles. The van der Waals surface area contributed by atoms with Crippen LogP contribution in [-0.2, 0) is 4.74 Å². The van der Waals surface area contributed by atoms with Crippen molar-refractivity contribution in [1.82, 2.24) is 0 Å². The van der Waals surface area contributed by atoms with E-state index in [1.807, 2.05) is 24.3 Å². The van der Waals surface area contributed by atoms with Crippen molar-refractivity contribution in [1.29, 1.82) is 0 Å². The first-order chi connectivity index (χ1) is 10.2. The minimum atomic E-state index is -0.406. The number of hydrogen-bond acceptors (Lipinski definition) is 4. The first-order valence-corrected chi connectivity index (χ1v) is 7.32. The number of ether oxygens (including phenoxy) is 2. The summed E-state index contributed by atoms with van der Waals surface area (Å²) in [6, 6.07) is 13.6. The Labute approximate surface area is 126 Å². The van der Waals surface area contributed by atoms with Gasteiger partial charge in [0.05, 0.1) is 12.4 Å². The standard InChI is InChI=1S/C16H13FO3S/c1-19-13-8-4-11(5-9-13)15-14(20-16(18)21-15)10-2-6-12(17)7-3-10/h2-9,14-15H,1H3/t14-,15-/m0/s1. The summed E-state index contributed by atoms with van der Waals surface area (Å²) in [5.41, 5.74) is 1.76. The third-order valence-corrected chi connectivity index (χ3v) is 4.43. The van der Waals surface area contributed by atoms with Crippen molar-refractivity contribution in [2.24, 2.45) is 0 Å². The zero-order valence-corrected chi connectivity index (χ0v) is 12.1. The molecule has 0 radical (unpaired) electrons. The van der Waals surface area contributed by atoms with Crippen molar-refractivity contribution in [3.63, 3.8) is 0 Å². The van der Waals surface area contributed by atoms with Crippen LogP contribution < -0.4 is 4.74 Å². The molecule has 0 aliphatic carbocycles. The Balaban J connectivity index is 1.91. The molecule has 0 spiro atoms. The molecule has 2 atom stereocenters. The van der Waals surface area contributed by atoms with Crippen molar-refractivity contribution in [3.05, 3.63) is 65.5 Å². The van der Waals surface area contributed by atoms with E-state index in [4.69, 9.17) is 9.47 Å².